The third-order valence-electron chi connectivity index (χ3n) is 5.36. The standard InChI is InChI=1S/C22H24N4O4/c1-15-19(17-10-7-12-23-14-17)20(22(27)26(28)29)25(18-11-5-6-13-30-18)21(24-15)16-8-3-2-4-9-16/h2-4,7-10,12,14,18,20,28-29H,5-6,11,13H2,1H3. The second kappa shape index (κ2) is 8.74. The van der Waals surface area contributed by atoms with Crippen LogP contribution in [-0.2, 0) is 9.53 Å². The Morgan fingerprint density at radius 3 is 2.53 bits per heavy atom. The number of pyridine rings is 1. The Kier molecular flexibility index (Phi) is 5.89. The summed E-state index contributed by atoms with van der Waals surface area (Å²) >= 11 is 0. The Morgan fingerprint density at radius 1 is 1.13 bits per heavy atom. The fraction of sp³-hybridized carbons (Fsp3) is 0.318. The van der Waals surface area contributed by atoms with Crippen LogP contribution in [0.1, 0.15) is 37.3 Å². The molecule has 0 bridgehead atoms. The van der Waals surface area contributed by atoms with Crippen molar-refractivity contribution in [1.82, 2.24) is 15.1 Å². The van der Waals surface area contributed by atoms with Crippen LogP contribution in [0.25, 0.3) is 5.57 Å². The number of amidine groups is 1. The van der Waals surface area contributed by atoms with Gasteiger partial charge in [0.25, 0.3) is 5.91 Å². The van der Waals surface area contributed by atoms with E-state index in [-0.39, 0.29) is 5.23 Å². The predicted molar refractivity (Wildman–Crippen MR) is 109 cm³/mol. The molecule has 0 spiro atoms. The molecule has 1 saturated heterocycles. The lowest BCUT2D eigenvalue weighted by molar-refractivity contribution is -0.287. The van der Waals surface area contributed by atoms with E-state index in [1.807, 2.05) is 43.3 Å². The third-order valence-corrected chi connectivity index (χ3v) is 5.36. The molecule has 30 heavy (non-hydrogen) atoms. The van der Waals surface area contributed by atoms with Gasteiger partial charge in [0.15, 0.2) is 0 Å². The van der Waals surface area contributed by atoms with Crippen molar-refractivity contribution in [3.8, 4) is 0 Å². The molecule has 2 aliphatic rings. The van der Waals surface area contributed by atoms with E-state index < -0.39 is 18.2 Å². The molecule has 8 nitrogen and oxygen atoms in total. The molecule has 2 N–H and O–H groups in total. The molecule has 2 aromatic rings. The van der Waals surface area contributed by atoms with E-state index in [4.69, 9.17) is 9.73 Å². The highest BCUT2D eigenvalue weighted by atomic mass is 16.8. The lowest BCUT2D eigenvalue weighted by Crippen LogP contribution is -2.57. The summed E-state index contributed by atoms with van der Waals surface area (Å²) in [6, 6.07) is 12.1. The molecule has 1 aromatic carbocycles. The van der Waals surface area contributed by atoms with E-state index in [0.717, 1.165) is 18.4 Å². The maximum absolute atomic E-state index is 13.1. The number of hydrogen-bond donors (Lipinski definition) is 2. The van der Waals surface area contributed by atoms with Gasteiger partial charge in [0.2, 0.25) is 0 Å². The van der Waals surface area contributed by atoms with Gasteiger partial charge in [-0.25, -0.2) is 4.99 Å². The molecule has 156 valence electrons. The summed E-state index contributed by atoms with van der Waals surface area (Å²) in [5.41, 5.74) is 2.67. The van der Waals surface area contributed by atoms with Crippen molar-refractivity contribution in [2.24, 2.45) is 4.99 Å². The van der Waals surface area contributed by atoms with E-state index in [2.05, 4.69) is 4.98 Å². The smallest absolute Gasteiger partial charge is 0.300 e. The summed E-state index contributed by atoms with van der Waals surface area (Å²) in [4.78, 5) is 23.9. The molecule has 1 fully saturated rings. The summed E-state index contributed by atoms with van der Waals surface area (Å²) in [5.74, 6) is -0.321. The zero-order chi connectivity index (χ0) is 21.1. The first-order valence-electron chi connectivity index (χ1n) is 9.95. The number of hydrogen-bond acceptors (Lipinski definition) is 7. The Morgan fingerprint density at radius 2 is 1.90 bits per heavy atom. The van der Waals surface area contributed by atoms with Gasteiger partial charge in [-0.05, 0) is 32.3 Å². The maximum atomic E-state index is 13.1. The zero-order valence-electron chi connectivity index (χ0n) is 16.7. The molecule has 0 aliphatic carbocycles. The summed E-state index contributed by atoms with van der Waals surface area (Å²) < 4.78 is 6.02. The van der Waals surface area contributed by atoms with Crippen molar-refractivity contribution in [1.29, 1.82) is 0 Å². The molecule has 2 atom stereocenters. The molecule has 0 radical (unpaired) electrons. The highest BCUT2D eigenvalue weighted by Crippen LogP contribution is 2.36. The zero-order valence-corrected chi connectivity index (χ0v) is 16.7. The molecule has 3 heterocycles. The largest absolute Gasteiger partial charge is 0.358 e. The number of nitrogens with zero attached hydrogens (tertiary/aromatic N) is 4. The second-order valence-corrected chi connectivity index (χ2v) is 7.30. The van der Waals surface area contributed by atoms with Gasteiger partial charge in [0, 0.05) is 41.4 Å². The average Bonchev–Trinajstić information content (AvgIpc) is 2.79. The molecule has 1 aromatic heterocycles. The quantitative estimate of drug-likeness (QED) is 0.596. The average molecular weight is 408 g/mol. The minimum absolute atomic E-state index is 0.349. The van der Waals surface area contributed by atoms with Crippen LogP contribution in [0.15, 0.2) is 65.5 Å². The Bertz CT molecular complexity index is 954. The third kappa shape index (κ3) is 3.85. The molecule has 2 unspecified atom stereocenters. The van der Waals surface area contributed by atoms with E-state index in [1.165, 1.54) is 0 Å². The SMILES string of the molecule is CC1=C(c2cccnc2)C(C(=O)N(O)O)N(C2CCCCO2)C(c2ccccc2)=N1. The maximum Gasteiger partial charge on any atom is 0.300 e. The van der Waals surface area contributed by atoms with Crippen molar-refractivity contribution in [3.05, 3.63) is 71.7 Å². The molecule has 0 saturated carbocycles. The molecular formula is C22H24N4O4. The Balaban J connectivity index is 1.92. The minimum Gasteiger partial charge on any atom is -0.358 e. The number of rotatable bonds is 4. The first kappa shape index (κ1) is 20.2. The van der Waals surface area contributed by atoms with Crippen LogP contribution in [0.3, 0.4) is 0 Å². The van der Waals surface area contributed by atoms with Crippen molar-refractivity contribution in [2.45, 2.75) is 38.5 Å². The summed E-state index contributed by atoms with van der Waals surface area (Å²) in [6.45, 7) is 2.38. The normalized spacial score (nSPS) is 22.0. The topological polar surface area (TPSA) is 98.5 Å². The van der Waals surface area contributed by atoms with Crippen LogP contribution in [0, 0.1) is 0 Å². The van der Waals surface area contributed by atoms with Gasteiger partial charge in [-0.1, -0.05) is 41.6 Å². The van der Waals surface area contributed by atoms with Crippen molar-refractivity contribution in [3.63, 3.8) is 0 Å². The van der Waals surface area contributed by atoms with Crippen LogP contribution in [-0.4, -0.2) is 56.1 Å². The number of carbonyl (C=O) groups is 1. The first-order valence-corrected chi connectivity index (χ1v) is 9.95. The summed E-state index contributed by atoms with van der Waals surface area (Å²) in [7, 11) is 0. The van der Waals surface area contributed by atoms with E-state index in [0.29, 0.717) is 35.7 Å². The molecular weight excluding hydrogens is 384 g/mol. The minimum atomic E-state index is -1.03. The summed E-state index contributed by atoms with van der Waals surface area (Å²) in [5, 5.41) is 19.0. The number of benzene rings is 1. The van der Waals surface area contributed by atoms with Crippen molar-refractivity contribution < 1.29 is 19.9 Å². The number of carbonyl (C=O) groups excluding carboxylic acids is 1. The molecule has 4 rings (SSSR count). The van der Waals surface area contributed by atoms with Crippen LogP contribution in [0.4, 0.5) is 0 Å². The molecule has 8 heteroatoms. The molecule has 1 amide bonds. The van der Waals surface area contributed by atoms with Crippen molar-refractivity contribution >= 4 is 17.3 Å². The van der Waals surface area contributed by atoms with Gasteiger partial charge in [0.1, 0.15) is 18.1 Å². The first-order chi connectivity index (χ1) is 14.6. The van der Waals surface area contributed by atoms with E-state index >= 15 is 0 Å². The highest BCUT2D eigenvalue weighted by molar-refractivity contribution is 6.08. The van der Waals surface area contributed by atoms with Gasteiger partial charge in [-0.2, -0.15) is 0 Å². The van der Waals surface area contributed by atoms with Crippen LogP contribution < -0.4 is 0 Å². The fourth-order valence-corrected chi connectivity index (χ4v) is 4.02. The van der Waals surface area contributed by atoms with Gasteiger partial charge < -0.3 is 9.64 Å². The fourth-order valence-electron chi connectivity index (χ4n) is 4.02. The number of hydroxylamine groups is 2. The lowest BCUT2D eigenvalue weighted by Gasteiger charge is -2.44. The van der Waals surface area contributed by atoms with Gasteiger partial charge in [-0.3, -0.25) is 20.2 Å². The van der Waals surface area contributed by atoms with Crippen LogP contribution in [0.5, 0.6) is 0 Å². The van der Waals surface area contributed by atoms with Crippen molar-refractivity contribution in [2.75, 3.05) is 6.61 Å². The van der Waals surface area contributed by atoms with Crippen LogP contribution >= 0.6 is 0 Å². The second-order valence-electron chi connectivity index (χ2n) is 7.30. The van der Waals surface area contributed by atoms with Gasteiger partial charge in [0.05, 0.1) is 0 Å². The van der Waals surface area contributed by atoms with E-state index in [9.17, 15) is 15.2 Å². The molecule has 2 aliphatic heterocycles. The van der Waals surface area contributed by atoms with Gasteiger partial charge in [-0.15, -0.1) is 0 Å². The number of amides is 1. The predicted octanol–water partition coefficient (Wildman–Crippen LogP) is 3.08. The number of aliphatic imine (C=N–C) groups is 1. The Labute approximate surface area is 174 Å². The summed E-state index contributed by atoms with van der Waals surface area (Å²) in [6.07, 6.45) is 5.44. The monoisotopic (exact) mass is 408 g/mol. The lowest BCUT2D eigenvalue weighted by atomic mass is 9.92. The highest BCUT2D eigenvalue weighted by Gasteiger charge is 2.43. The van der Waals surface area contributed by atoms with Gasteiger partial charge >= 0.3 is 0 Å². The number of aromatic nitrogens is 1. The number of ether oxygens (including phenoxy) is 1. The Hall–Kier alpha value is -3.07. The number of allylic oxidation sites excluding steroid dienone is 1. The van der Waals surface area contributed by atoms with Crippen LogP contribution in [0.2, 0.25) is 0 Å². The van der Waals surface area contributed by atoms with E-state index in [1.54, 1.807) is 23.4 Å².